The van der Waals surface area contributed by atoms with Crippen LogP contribution >= 0.6 is 0 Å². The first-order valence-electron chi connectivity index (χ1n) is 9.37. The van der Waals surface area contributed by atoms with Crippen molar-refractivity contribution < 1.29 is 9.90 Å². The molecule has 5 aromatic rings. The molecule has 0 bridgehead atoms. The van der Waals surface area contributed by atoms with Gasteiger partial charge < -0.3 is 10.1 Å². The maximum atomic E-state index is 12.5. The lowest BCUT2D eigenvalue weighted by atomic mass is 10.0. The van der Waals surface area contributed by atoms with Gasteiger partial charge in [-0.05, 0) is 29.0 Å². The second-order valence-corrected chi connectivity index (χ2v) is 6.83. The minimum Gasteiger partial charge on any atom is -0.507 e. The number of H-pyrrole nitrogens is 2. The number of hydrazone groups is 1. The Labute approximate surface area is 171 Å². The van der Waals surface area contributed by atoms with Gasteiger partial charge in [-0.25, -0.2) is 5.43 Å². The molecule has 0 fully saturated rings. The highest BCUT2D eigenvalue weighted by molar-refractivity contribution is 6.03. The summed E-state index contributed by atoms with van der Waals surface area (Å²) in [4.78, 5) is 15.7. The highest BCUT2D eigenvalue weighted by atomic mass is 16.3. The van der Waals surface area contributed by atoms with Crippen LogP contribution in [0.3, 0.4) is 0 Å². The number of amides is 1. The first-order valence-corrected chi connectivity index (χ1v) is 9.37. The van der Waals surface area contributed by atoms with Gasteiger partial charge in [0, 0.05) is 28.2 Å². The summed E-state index contributed by atoms with van der Waals surface area (Å²) < 4.78 is 0. The number of benzene rings is 3. The largest absolute Gasteiger partial charge is 0.507 e. The second kappa shape index (κ2) is 7.21. The van der Waals surface area contributed by atoms with E-state index in [0.29, 0.717) is 11.3 Å². The van der Waals surface area contributed by atoms with Crippen molar-refractivity contribution >= 4 is 33.8 Å². The van der Waals surface area contributed by atoms with Crippen molar-refractivity contribution in [1.82, 2.24) is 20.6 Å². The van der Waals surface area contributed by atoms with Crippen LogP contribution in [0.25, 0.3) is 32.9 Å². The fourth-order valence-electron chi connectivity index (χ4n) is 3.49. The topological polar surface area (TPSA) is 106 Å². The summed E-state index contributed by atoms with van der Waals surface area (Å²) in [6.07, 6.45) is 3.30. The third-order valence-electron chi connectivity index (χ3n) is 5.00. The van der Waals surface area contributed by atoms with Gasteiger partial charge in [0.1, 0.15) is 11.4 Å². The number of hydrogen-bond donors (Lipinski definition) is 4. The first-order chi connectivity index (χ1) is 14.7. The molecule has 0 radical (unpaired) electrons. The molecule has 2 heterocycles. The number of aromatic amines is 2. The van der Waals surface area contributed by atoms with Gasteiger partial charge in [0.05, 0.1) is 11.9 Å². The normalized spacial score (nSPS) is 11.5. The van der Waals surface area contributed by atoms with Crippen LogP contribution in [-0.4, -0.2) is 32.4 Å². The Balaban J connectivity index is 1.37. The maximum Gasteiger partial charge on any atom is 0.289 e. The number of aromatic hydroxyl groups is 1. The lowest BCUT2D eigenvalue weighted by molar-refractivity contribution is 0.0950. The van der Waals surface area contributed by atoms with Crippen molar-refractivity contribution in [2.45, 2.75) is 0 Å². The van der Waals surface area contributed by atoms with Crippen molar-refractivity contribution in [3.05, 3.63) is 84.2 Å². The minimum atomic E-state index is -0.426. The molecule has 3 aromatic carbocycles. The average molecular weight is 395 g/mol. The van der Waals surface area contributed by atoms with E-state index in [2.05, 4.69) is 25.7 Å². The molecule has 0 saturated heterocycles. The Morgan fingerprint density at radius 2 is 1.83 bits per heavy atom. The number of rotatable bonds is 4. The number of nitrogens with zero attached hydrogens (tertiary/aromatic N) is 2. The third kappa shape index (κ3) is 3.08. The lowest BCUT2D eigenvalue weighted by Gasteiger charge is -2.04. The molecule has 4 N–H and O–H groups in total. The van der Waals surface area contributed by atoms with E-state index in [9.17, 15) is 9.90 Å². The Kier molecular flexibility index (Phi) is 4.25. The number of carbonyl (C=O) groups excluding carboxylic acids is 1. The van der Waals surface area contributed by atoms with Gasteiger partial charge in [0.2, 0.25) is 0 Å². The van der Waals surface area contributed by atoms with E-state index in [1.807, 2.05) is 60.8 Å². The molecular formula is C23H17N5O2. The van der Waals surface area contributed by atoms with Crippen molar-refractivity contribution in [2.75, 3.05) is 0 Å². The minimum absolute atomic E-state index is 0.0925. The van der Waals surface area contributed by atoms with Crippen molar-refractivity contribution in [3.63, 3.8) is 0 Å². The maximum absolute atomic E-state index is 12.5. The first kappa shape index (κ1) is 17.7. The van der Waals surface area contributed by atoms with E-state index in [-0.39, 0.29) is 11.4 Å². The van der Waals surface area contributed by atoms with E-state index in [1.165, 1.54) is 6.21 Å². The van der Waals surface area contributed by atoms with Crippen LogP contribution in [0.2, 0.25) is 0 Å². The van der Waals surface area contributed by atoms with Crippen LogP contribution in [0.5, 0.6) is 5.75 Å². The zero-order valence-corrected chi connectivity index (χ0v) is 15.8. The number of fused-ring (bicyclic) bond motifs is 2. The number of hydrogen-bond acceptors (Lipinski definition) is 4. The molecule has 0 unspecified atom stereocenters. The molecule has 146 valence electrons. The third-order valence-corrected chi connectivity index (χ3v) is 5.00. The van der Waals surface area contributed by atoms with Crippen LogP contribution in [-0.2, 0) is 0 Å². The van der Waals surface area contributed by atoms with Gasteiger partial charge in [0.15, 0.2) is 0 Å². The van der Waals surface area contributed by atoms with Crippen LogP contribution in [0, 0.1) is 0 Å². The standard InChI is InChI=1S/C23H17N5O2/c29-22-10-9-14-5-1-2-6-15(14)18(22)13-25-28-23(30)21-11-20(26-27-21)17-12-24-19-8-4-3-7-16(17)19/h1-13,24,29H,(H,26,27)(H,28,30)/b25-13+. The summed E-state index contributed by atoms with van der Waals surface area (Å²) in [5.41, 5.74) is 5.87. The molecule has 7 heteroatoms. The quantitative estimate of drug-likeness (QED) is 0.271. The average Bonchev–Trinajstić information content (AvgIpc) is 3.42. The van der Waals surface area contributed by atoms with Gasteiger partial charge in [-0.3, -0.25) is 9.89 Å². The molecule has 5 rings (SSSR count). The van der Waals surface area contributed by atoms with Crippen molar-refractivity contribution in [2.24, 2.45) is 5.10 Å². The van der Waals surface area contributed by atoms with Gasteiger partial charge in [-0.1, -0.05) is 48.5 Å². The predicted molar refractivity (Wildman–Crippen MR) is 117 cm³/mol. The van der Waals surface area contributed by atoms with E-state index < -0.39 is 5.91 Å². The van der Waals surface area contributed by atoms with Gasteiger partial charge in [0.25, 0.3) is 5.91 Å². The Hall–Kier alpha value is -4.39. The fourth-order valence-corrected chi connectivity index (χ4v) is 3.49. The SMILES string of the molecule is O=C(N/N=C/c1c(O)ccc2ccccc12)c1cc(-c2c[nH]c3ccccc23)n[nH]1. The predicted octanol–water partition coefficient (Wildman–Crippen LogP) is 4.18. The summed E-state index contributed by atoms with van der Waals surface area (Å²) in [5.74, 6) is -0.334. The van der Waals surface area contributed by atoms with Crippen LogP contribution < -0.4 is 5.43 Å². The zero-order chi connectivity index (χ0) is 20.5. The molecule has 0 aliphatic rings. The smallest absolute Gasteiger partial charge is 0.289 e. The lowest BCUT2D eigenvalue weighted by Crippen LogP contribution is -2.18. The Morgan fingerprint density at radius 3 is 2.73 bits per heavy atom. The van der Waals surface area contributed by atoms with Crippen LogP contribution in [0.1, 0.15) is 16.1 Å². The monoisotopic (exact) mass is 395 g/mol. The van der Waals surface area contributed by atoms with E-state index in [0.717, 1.165) is 27.2 Å². The fraction of sp³-hybridized carbons (Fsp3) is 0. The number of carbonyl (C=O) groups is 1. The van der Waals surface area contributed by atoms with Gasteiger partial charge in [-0.15, -0.1) is 0 Å². The highest BCUT2D eigenvalue weighted by Crippen LogP contribution is 2.27. The molecule has 2 aromatic heterocycles. The van der Waals surface area contributed by atoms with Gasteiger partial charge >= 0.3 is 0 Å². The molecule has 0 atom stereocenters. The number of nitrogens with one attached hydrogen (secondary N) is 3. The van der Waals surface area contributed by atoms with E-state index in [1.54, 1.807) is 12.1 Å². The second-order valence-electron chi connectivity index (χ2n) is 6.83. The number of phenols is 1. The van der Waals surface area contributed by atoms with Crippen LogP contribution in [0.4, 0.5) is 0 Å². The van der Waals surface area contributed by atoms with Crippen molar-refractivity contribution in [1.29, 1.82) is 0 Å². The molecule has 30 heavy (non-hydrogen) atoms. The number of para-hydroxylation sites is 1. The molecular weight excluding hydrogens is 378 g/mol. The summed E-state index contributed by atoms with van der Waals surface area (Å²) in [6.45, 7) is 0. The molecule has 0 aliphatic carbocycles. The summed E-state index contributed by atoms with van der Waals surface area (Å²) in [7, 11) is 0. The number of aromatic nitrogens is 3. The Bertz CT molecular complexity index is 1410. The molecule has 0 spiro atoms. The summed E-state index contributed by atoms with van der Waals surface area (Å²) in [5, 5.41) is 24.0. The highest BCUT2D eigenvalue weighted by Gasteiger charge is 2.13. The molecule has 0 aliphatic heterocycles. The number of phenolic OH excluding ortho intramolecular Hbond substituents is 1. The van der Waals surface area contributed by atoms with Gasteiger partial charge in [-0.2, -0.15) is 10.2 Å². The van der Waals surface area contributed by atoms with E-state index in [4.69, 9.17) is 0 Å². The Morgan fingerprint density at radius 1 is 1.03 bits per heavy atom. The van der Waals surface area contributed by atoms with E-state index >= 15 is 0 Å². The summed E-state index contributed by atoms with van der Waals surface area (Å²) >= 11 is 0. The summed E-state index contributed by atoms with van der Waals surface area (Å²) in [6, 6.07) is 20.6. The zero-order valence-electron chi connectivity index (χ0n) is 15.8. The molecule has 1 amide bonds. The van der Waals surface area contributed by atoms with Crippen molar-refractivity contribution in [3.8, 4) is 17.0 Å². The molecule has 7 nitrogen and oxygen atoms in total. The van der Waals surface area contributed by atoms with Crippen LogP contribution in [0.15, 0.2) is 78.0 Å². The molecule has 0 saturated carbocycles.